The Labute approximate surface area is 116 Å². The van der Waals surface area contributed by atoms with Crippen molar-refractivity contribution in [1.82, 2.24) is 10.2 Å². The Kier molecular flexibility index (Phi) is 4.54. The first kappa shape index (κ1) is 14.7. The maximum Gasteiger partial charge on any atom is 0.254 e. The Morgan fingerprint density at radius 3 is 2.90 bits per heavy atom. The van der Waals surface area contributed by atoms with E-state index in [0.717, 1.165) is 38.5 Å². The van der Waals surface area contributed by atoms with Gasteiger partial charge in [0.15, 0.2) is 0 Å². The number of nitrogens with one attached hydrogen (secondary N) is 1. The van der Waals surface area contributed by atoms with Crippen LogP contribution in [0.15, 0.2) is 12.1 Å². The van der Waals surface area contributed by atoms with Gasteiger partial charge >= 0.3 is 0 Å². The number of benzene rings is 1. The highest BCUT2D eigenvalue weighted by atomic mass is 19.1. The summed E-state index contributed by atoms with van der Waals surface area (Å²) < 4.78 is 26.7. The summed E-state index contributed by atoms with van der Waals surface area (Å²) in [6, 6.07) is 1.67. The zero-order chi connectivity index (χ0) is 14.7. The van der Waals surface area contributed by atoms with Crippen LogP contribution in [0.3, 0.4) is 0 Å². The molecule has 0 bridgehead atoms. The van der Waals surface area contributed by atoms with Crippen LogP contribution in [0.25, 0.3) is 0 Å². The number of nitrogens with zero attached hydrogens (tertiary/aromatic N) is 1. The van der Waals surface area contributed by atoms with Gasteiger partial charge in [0.1, 0.15) is 11.6 Å². The van der Waals surface area contributed by atoms with Gasteiger partial charge in [0.25, 0.3) is 5.91 Å². The molecule has 1 saturated heterocycles. The molecule has 0 saturated carbocycles. The molecule has 0 aromatic heterocycles. The van der Waals surface area contributed by atoms with E-state index in [1.54, 1.807) is 0 Å². The lowest BCUT2D eigenvalue weighted by molar-refractivity contribution is 0.0901. The molecule has 6 heteroatoms. The van der Waals surface area contributed by atoms with Crippen LogP contribution < -0.4 is 11.1 Å². The number of hydrogen-bond acceptors (Lipinski definition) is 3. The van der Waals surface area contributed by atoms with Crippen molar-refractivity contribution in [3.63, 3.8) is 0 Å². The molecule has 0 radical (unpaired) electrons. The number of likely N-dealkylation sites (tertiary alicyclic amines) is 1. The molecule has 1 amide bonds. The minimum atomic E-state index is -0.891. The summed E-state index contributed by atoms with van der Waals surface area (Å²) in [6.07, 6.45) is 1.85. The number of likely N-dealkylation sites (N-methyl/N-ethyl adjacent to an activating group) is 1. The van der Waals surface area contributed by atoms with Gasteiger partial charge in [0.05, 0.1) is 11.3 Å². The first-order valence-electron chi connectivity index (χ1n) is 6.79. The molecule has 1 atom stereocenters. The summed E-state index contributed by atoms with van der Waals surface area (Å²) in [4.78, 5) is 14.3. The molecule has 1 unspecified atom stereocenters. The smallest absolute Gasteiger partial charge is 0.254 e. The molecular weight excluding hydrogens is 264 g/mol. The Hall–Kier alpha value is -1.69. The molecule has 1 aliphatic heterocycles. The summed E-state index contributed by atoms with van der Waals surface area (Å²) >= 11 is 0. The van der Waals surface area contributed by atoms with E-state index in [0.29, 0.717) is 6.07 Å². The number of halogens is 2. The third-order valence-electron chi connectivity index (χ3n) is 3.62. The lowest BCUT2D eigenvalue weighted by atomic mass is 10.0. The van der Waals surface area contributed by atoms with Crippen molar-refractivity contribution < 1.29 is 13.6 Å². The van der Waals surface area contributed by atoms with Crippen LogP contribution in [-0.2, 0) is 0 Å². The fourth-order valence-electron chi connectivity index (χ4n) is 2.46. The second kappa shape index (κ2) is 6.17. The first-order chi connectivity index (χ1) is 9.51. The monoisotopic (exact) mass is 283 g/mol. The van der Waals surface area contributed by atoms with E-state index in [-0.39, 0.29) is 17.3 Å². The molecular formula is C14H19F2N3O. The summed E-state index contributed by atoms with van der Waals surface area (Å²) in [7, 11) is 0. The van der Waals surface area contributed by atoms with Crippen LogP contribution >= 0.6 is 0 Å². The molecule has 1 fully saturated rings. The van der Waals surface area contributed by atoms with Gasteiger partial charge in [-0.05, 0) is 32.0 Å². The van der Waals surface area contributed by atoms with Gasteiger partial charge in [-0.1, -0.05) is 6.92 Å². The molecule has 1 aromatic carbocycles. The van der Waals surface area contributed by atoms with Crippen molar-refractivity contribution in [2.75, 3.05) is 25.4 Å². The molecule has 3 N–H and O–H groups in total. The molecule has 0 aliphatic carbocycles. The standard InChI is InChI=1S/C14H19F2N3O/c1-2-19-5-3-4-9(8-19)18-14(20)10-6-13(17)12(16)7-11(10)15/h6-7,9H,2-5,8,17H2,1H3,(H,18,20). The molecule has 1 aromatic rings. The number of carbonyl (C=O) groups is 1. The zero-order valence-corrected chi connectivity index (χ0v) is 11.5. The van der Waals surface area contributed by atoms with Crippen LogP contribution in [0, 0.1) is 11.6 Å². The van der Waals surface area contributed by atoms with Crippen molar-refractivity contribution in [2.45, 2.75) is 25.8 Å². The second-order valence-electron chi connectivity index (χ2n) is 5.06. The van der Waals surface area contributed by atoms with E-state index in [9.17, 15) is 13.6 Å². The van der Waals surface area contributed by atoms with Gasteiger partial charge < -0.3 is 16.0 Å². The maximum absolute atomic E-state index is 13.6. The number of anilines is 1. The van der Waals surface area contributed by atoms with E-state index in [1.165, 1.54) is 0 Å². The number of rotatable bonds is 3. The van der Waals surface area contributed by atoms with Gasteiger partial charge in [0, 0.05) is 18.7 Å². The van der Waals surface area contributed by atoms with E-state index < -0.39 is 17.5 Å². The van der Waals surface area contributed by atoms with Gasteiger partial charge in [-0.15, -0.1) is 0 Å². The average molecular weight is 283 g/mol. The highest BCUT2D eigenvalue weighted by Crippen LogP contribution is 2.17. The third-order valence-corrected chi connectivity index (χ3v) is 3.62. The van der Waals surface area contributed by atoms with E-state index in [4.69, 9.17) is 5.73 Å². The van der Waals surface area contributed by atoms with Crippen LogP contribution in [0.1, 0.15) is 30.1 Å². The van der Waals surface area contributed by atoms with Crippen LogP contribution in [0.5, 0.6) is 0 Å². The number of piperidine rings is 1. The summed E-state index contributed by atoms with van der Waals surface area (Å²) in [5, 5.41) is 2.79. The summed E-state index contributed by atoms with van der Waals surface area (Å²) in [5.41, 5.74) is 4.94. The number of nitrogens with two attached hydrogens (primary N) is 1. The van der Waals surface area contributed by atoms with Crippen molar-refractivity contribution in [2.24, 2.45) is 0 Å². The SMILES string of the molecule is CCN1CCCC(NC(=O)c2cc(N)c(F)cc2F)C1. The molecule has 4 nitrogen and oxygen atoms in total. The quantitative estimate of drug-likeness (QED) is 0.831. The minimum Gasteiger partial charge on any atom is -0.396 e. The summed E-state index contributed by atoms with van der Waals surface area (Å²) in [6.45, 7) is 4.75. The molecule has 110 valence electrons. The van der Waals surface area contributed by atoms with E-state index >= 15 is 0 Å². The zero-order valence-electron chi connectivity index (χ0n) is 11.5. The van der Waals surface area contributed by atoms with Gasteiger partial charge in [-0.3, -0.25) is 4.79 Å². The summed E-state index contributed by atoms with van der Waals surface area (Å²) in [5.74, 6) is -2.29. The topological polar surface area (TPSA) is 58.4 Å². The van der Waals surface area contributed by atoms with Gasteiger partial charge in [0.2, 0.25) is 0 Å². The maximum atomic E-state index is 13.6. The lowest BCUT2D eigenvalue weighted by Gasteiger charge is -2.32. The Bertz CT molecular complexity index is 507. The Balaban J connectivity index is 2.06. The van der Waals surface area contributed by atoms with Crippen molar-refractivity contribution >= 4 is 11.6 Å². The number of nitrogen functional groups attached to an aromatic ring is 1. The van der Waals surface area contributed by atoms with Gasteiger partial charge in [-0.25, -0.2) is 8.78 Å². The normalized spacial score (nSPS) is 19.9. The average Bonchev–Trinajstić information content (AvgIpc) is 2.43. The third kappa shape index (κ3) is 3.25. The first-order valence-corrected chi connectivity index (χ1v) is 6.79. The predicted octanol–water partition coefficient (Wildman–Crippen LogP) is 1.76. The number of carbonyl (C=O) groups excluding carboxylic acids is 1. The van der Waals surface area contributed by atoms with Crippen LogP contribution in [-0.4, -0.2) is 36.5 Å². The molecule has 2 rings (SSSR count). The molecule has 0 spiro atoms. The largest absolute Gasteiger partial charge is 0.396 e. The Morgan fingerprint density at radius 1 is 1.45 bits per heavy atom. The van der Waals surface area contributed by atoms with E-state index in [2.05, 4.69) is 17.1 Å². The van der Waals surface area contributed by atoms with Crippen LogP contribution in [0.4, 0.5) is 14.5 Å². The Morgan fingerprint density at radius 2 is 2.20 bits per heavy atom. The fraction of sp³-hybridized carbons (Fsp3) is 0.500. The van der Waals surface area contributed by atoms with E-state index in [1.807, 2.05) is 0 Å². The molecule has 1 heterocycles. The predicted molar refractivity (Wildman–Crippen MR) is 73.4 cm³/mol. The highest BCUT2D eigenvalue weighted by molar-refractivity contribution is 5.95. The van der Waals surface area contributed by atoms with Crippen molar-refractivity contribution in [1.29, 1.82) is 0 Å². The van der Waals surface area contributed by atoms with Crippen LogP contribution in [0.2, 0.25) is 0 Å². The van der Waals surface area contributed by atoms with Crippen molar-refractivity contribution in [3.8, 4) is 0 Å². The van der Waals surface area contributed by atoms with Crippen molar-refractivity contribution in [3.05, 3.63) is 29.3 Å². The minimum absolute atomic E-state index is 0.0122. The molecule has 20 heavy (non-hydrogen) atoms. The number of amides is 1. The number of hydrogen-bond donors (Lipinski definition) is 2. The van der Waals surface area contributed by atoms with Gasteiger partial charge in [-0.2, -0.15) is 0 Å². The lowest BCUT2D eigenvalue weighted by Crippen LogP contribution is -2.47. The molecule has 1 aliphatic rings. The fourth-order valence-corrected chi connectivity index (χ4v) is 2.46. The highest BCUT2D eigenvalue weighted by Gasteiger charge is 2.22. The second-order valence-corrected chi connectivity index (χ2v) is 5.06.